The van der Waals surface area contributed by atoms with Crippen LogP contribution < -0.4 is 5.32 Å². The van der Waals surface area contributed by atoms with Crippen molar-refractivity contribution < 1.29 is 14.3 Å². The van der Waals surface area contributed by atoms with E-state index in [1.165, 1.54) is 26.4 Å². The molecule has 1 aromatic rings. The summed E-state index contributed by atoms with van der Waals surface area (Å²) in [7, 11) is 1.32. The van der Waals surface area contributed by atoms with Crippen molar-refractivity contribution in [3.8, 4) is 0 Å². The predicted octanol–water partition coefficient (Wildman–Crippen LogP) is 0.788. The first-order chi connectivity index (χ1) is 12.1. The average molecular weight is 369 g/mol. The minimum atomic E-state index is -0.663. The first-order valence-corrected chi connectivity index (χ1v) is 10.0. The van der Waals surface area contributed by atoms with Gasteiger partial charge in [0.25, 0.3) is 5.91 Å². The van der Waals surface area contributed by atoms with Crippen LogP contribution in [0.2, 0.25) is 0 Å². The maximum absolute atomic E-state index is 12.3. The molecular weight excluding hydrogens is 342 g/mol. The molecule has 1 N–H and O–H groups in total. The molecule has 1 aliphatic heterocycles. The number of carbonyl (C=O) groups excluding carboxylic acids is 2. The summed E-state index contributed by atoms with van der Waals surface area (Å²) in [4.78, 5) is 26.5. The maximum Gasteiger partial charge on any atom is 0.328 e. The van der Waals surface area contributed by atoms with E-state index < -0.39 is 17.9 Å². The molecule has 1 atom stereocenters. The highest BCUT2D eigenvalue weighted by molar-refractivity contribution is 7.98. The first kappa shape index (κ1) is 19.7. The number of carbonyl (C=O) groups is 2. The molecule has 25 heavy (non-hydrogen) atoms. The second kappa shape index (κ2) is 10.4. The van der Waals surface area contributed by atoms with Crippen LogP contribution in [0.25, 0.3) is 0 Å². The van der Waals surface area contributed by atoms with E-state index >= 15 is 0 Å². The van der Waals surface area contributed by atoms with Crippen LogP contribution in [0.15, 0.2) is 6.20 Å². The number of piperidine rings is 1. The smallest absolute Gasteiger partial charge is 0.328 e. The molecule has 1 fully saturated rings. The Kier molecular flexibility index (Phi) is 8.20. The molecule has 2 rings (SSSR count). The van der Waals surface area contributed by atoms with E-state index in [1.807, 2.05) is 6.26 Å². The fourth-order valence-electron chi connectivity index (χ4n) is 2.80. The molecule has 0 radical (unpaired) electrons. The first-order valence-electron chi connectivity index (χ1n) is 8.64. The summed E-state index contributed by atoms with van der Waals surface area (Å²) in [6.45, 7) is 3.85. The number of ether oxygens (including phenoxy) is 1. The van der Waals surface area contributed by atoms with E-state index in [0.717, 1.165) is 25.4 Å². The van der Waals surface area contributed by atoms with Gasteiger partial charge in [-0.1, -0.05) is 11.6 Å². The average Bonchev–Trinajstić information content (AvgIpc) is 3.12. The van der Waals surface area contributed by atoms with E-state index in [1.54, 1.807) is 22.6 Å². The van der Waals surface area contributed by atoms with Gasteiger partial charge in [-0.25, -0.2) is 4.79 Å². The number of likely N-dealkylation sites (tertiary alicyclic amines) is 1. The van der Waals surface area contributed by atoms with Crippen LogP contribution in [0.3, 0.4) is 0 Å². The zero-order chi connectivity index (χ0) is 18.1. The lowest BCUT2D eigenvalue weighted by atomic mass is 10.1. The van der Waals surface area contributed by atoms with Gasteiger partial charge in [-0.2, -0.15) is 11.8 Å². The van der Waals surface area contributed by atoms with Gasteiger partial charge >= 0.3 is 5.97 Å². The Bertz CT molecular complexity index is 560. The van der Waals surface area contributed by atoms with Crippen LogP contribution in [-0.2, 0) is 16.1 Å². The Morgan fingerprint density at radius 2 is 2.08 bits per heavy atom. The molecule has 9 heteroatoms. The van der Waals surface area contributed by atoms with Crippen LogP contribution >= 0.6 is 11.8 Å². The van der Waals surface area contributed by atoms with Crippen molar-refractivity contribution in [2.75, 3.05) is 38.8 Å². The monoisotopic (exact) mass is 369 g/mol. The zero-order valence-electron chi connectivity index (χ0n) is 14.9. The summed E-state index contributed by atoms with van der Waals surface area (Å²) in [5, 5.41) is 10.6. The molecule has 140 valence electrons. The van der Waals surface area contributed by atoms with Gasteiger partial charge < -0.3 is 15.0 Å². The molecule has 0 spiro atoms. The van der Waals surface area contributed by atoms with E-state index in [2.05, 4.69) is 20.5 Å². The van der Waals surface area contributed by atoms with Crippen molar-refractivity contribution >= 4 is 23.6 Å². The number of nitrogens with one attached hydrogen (secondary N) is 1. The molecule has 1 amide bonds. The topological polar surface area (TPSA) is 89.4 Å². The predicted molar refractivity (Wildman–Crippen MR) is 96.6 cm³/mol. The lowest BCUT2D eigenvalue weighted by molar-refractivity contribution is -0.142. The van der Waals surface area contributed by atoms with Gasteiger partial charge in [-0.05, 0) is 44.4 Å². The second-order valence-corrected chi connectivity index (χ2v) is 7.09. The molecule has 0 saturated carbocycles. The summed E-state index contributed by atoms with van der Waals surface area (Å²) in [6.07, 6.45) is 7.89. The standard InChI is InChI=1S/C16H27N5O3S/c1-24-16(23)13(6-11-25-2)17-15(22)14-12-21(19-18-14)10-9-20-7-4-3-5-8-20/h12-13H,3-11H2,1-2H3,(H,17,22). The second-order valence-electron chi connectivity index (χ2n) is 6.10. The summed E-state index contributed by atoms with van der Waals surface area (Å²) in [5.74, 6) is -0.0941. The van der Waals surface area contributed by atoms with Crippen LogP contribution in [-0.4, -0.2) is 76.6 Å². The van der Waals surface area contributed by atoms with Gasteiger partial charge in [0.1, 0.15) is 6.04 Å². The molecular formula is C16H27N5O3S. The number of methoxy groups -OCH3 is 1. The lowest BCUT2D eigenvalue weighted by Crippen LogP contribution is -2.42. The molecule has 1 aromatic heterocycles. The molecule has 1 aliphatic rings. The third kappa shape index (κ3) is 6.32. The number of amides is 1. The molecule has 1 saturated heterocycles. The summed E-state index contributed by atoms with van der Waals surface area (Å²) >= 11 is 1.61. The van der Waals surface area contributed by atoms with Gasteiger partial charge in [-0.3, -0.25) is 9.48 Å². The zero-order valence-corrected chi connectivity index (χ0v) is 15.8. The Morgan fingerprint density at radius 1 is 1.32 bits per heavy atom. The Hall–Kier alpha value is -1.61. The van der Waals surface area contributed by atoms with Crippen LogP contribution in [0.1, 0.15) is 36.2 Å². The fraction of sp³-hybridized carbons (Fsp3) is 0.750. The SMILES string of the molecule is COC(=O)C(CCSC)NC(=O)c1cn(CCN2CCCCC2)nn1. The van der Waals surface area contributed by atoms with Gasteiger partial charge in [0.15, 0.2) is 5.69 Å². The summed E-state index contributed by atoms with van der Waals surface area (Å²) in [6, 6.07) is -0.663. The molecule has 2 heterocycles. The molecule has 8 nitrogen and oxygen atoms in total. The highest BCUT2D eigenvalue weighted by Gasteiger charge is 2.23. The van der Waals surface area contributed by atoms with E-state index in [0.29, 0.717) is 13.0 Å². The highest BCUT2D eigenvalue weighted by atomic mass is 32.2. The van der Waals surface area contributed by atoms with Crippen molar-refractivity contribution in [3.05, 3.63) is 11.9 Å². The van der Waals surface area contributed by atoms with Crippen LogP contribution in [0, 0.1) is 0 Å². The highest BCUT2D eigenvalue weighted by Crippen LogP contribution is 2.08. The van der Waals surface area contributed by atoms with Crippen LogP contribution in [0.5, 0.6) is 0 Å². The summed E-state index contributed by atoms with van der Waals surface area (Å²) in [5.41, 5.74) is 0.219. The van der Waals surface area contributed by atoms with Gasteiger partial charge in [0, 0.05) is 6.54 Å². The van der Waals surface area contributed by atoms with E-state index in [4.69, 9.17) is 4.74 Å². The van der Waals surface area contributed by atoms with E-state index in [9.17, 15) is 9.59 Å². The quantitative estimate of drug-likeness (QED) is 0.644. The molecule has 0 aromatic carbocycles. The largest absolute Gasteiger partial charge is 0.467 e. The van der Waals surface area contributed by atoms with Gasteiger partial charge in [-0.15, -0.1) is 5.10 Å². The number of hydrogen-bond acceptors (Lipinski definition) is 7. The number of esters is 1. The molecule has 1 unspecified atom stereocenters. The Morgan fingerprint density at radius 3 is 2.76 bits per heavy atom. The van der Waals surface area contributed by atoms with Crippen molar-refractivity contribution in [2.24, 2.45) is 0 Å². The van der Waals surface area contributed by atoms with E-state index in [-0.39, 0.29) is 5.69 Å². The number of nitrogens with zero attached hydrogens (tertiary/aromatic N) is 4. The number of aromatic nitrogens is 3. The van der Waals surface area contributed by atoms with Crippen molar-refractivity contribution in [1.82, 2.24) is 25.2 Å². The lowest BCUT2D eigenvalue weighted by Gasteiger charge is -2.25. The van der Waals surface area contributed by atoms with Crippen molar-refractivity contribution in [1.29, 1.82) is 0 Å². The van der Waals surface area contributed by atoms with Crippen molar-refractivity contribution in [2.45, 2.75) is 38.3 Å². The third-order valence-corrected chi connectivity index (χ3v) is 4.91. The normalized spacial score (nSPS) is 16.4. The summed E-state index contributed by atoms with van der Waals surface area (Å²) < 4.78 is 6.43. The molecule has 0 aliphatic carbocycles. The van der Waals surface area contributed by atoms with Gasteiger partial charge in [0.2, 0.25) is 0 Å². The minimum absolute atomic E-state index is 0.219. The number of hydrogen-bond donors (Lipinski definition) is 1. The Labute approximate surface area is 152 Å². The third-order valence-electron chi connectivity index (χ3n) is 4.27. The van der Waals surface area contributed by atoms with Crippen LogP contribution in [0.4, 0.5) is 0 Å². The number of rotatable bonds is 9. The Balaban J connectivity index is 1.86. The minimum Gasteiger partial charge on any atom is -0.467 e. The maximum atomic E-state index is 12.3. The number of thioether (sulfide) groups is 1. The van der Waals surface area contributed by atoms with Gasteiger partial charge in [0.05, 0.1) is 19.9 Å². The molecule has 0 bridgehead atoms. The fourth-order valence-corrected chi connectivity index (χ4v) is 3.27. The van der Waals surface area contributed by atoms with Crippen molar-refractivity contribution in [3.63, 3.8) is 0 Å².